The van der Waals surface area contributed by atoms with Crippen molar-refractivity contribution in [1.29, 1.82) is 0 Å². The molecule has 0 aliphatic carbocycles. The Morgan fingerprint density at radius 2 is 2.14 bits per heavy atom. The normalized spacial score (nSPS) is 13.1. The van der Waals surface area contributed by atoms with Gasteiger partial charge in [0.2, 0.25) is 12.3 Å². The zero-order valence-corrected chi connectivity index (χ0v) is 13.4. The maximum absolute atomic E-state index is 11.5. The second kappa shape index (κ2) is 11.6. The van der Waals surface area contributed by atoms with Gasteiger partial charge in [-0.2, -0.15) is 0 Å². The topological polar surface area (TPSA) is 108 Å². The number of likely N-dealkylation sites (N-methyl/N-ethyl adjacent to an activating group) is 1. The second-order valence-electron chi connectivity index (χ2n) is 4.13. The number of methoxy groups -OCH3 is 1. The predicted octanol–water partition coefficient (Wildman–Crippen LogP) is 0.118. The van der Waals surface area contributed by atoms with E-state index in [0.717, 1.165) is 0 Å². The van der Waals surface area contributed by atoms with Crippen LogP contribution in [0.3, 0.4) is 0 Å². The highest BCUT2D eigenvalue weighted by atomic mass is 31.2. The molecule has 3 N–H and O–H groups in total. The lowest BCUT2D eigenvalue weighted by molar-refractivity contribution is -0.117. The number of ether oxygens (including phenoxy) is 1. The number of carbonyl (C=O) groups is 2. The molecule has 0 rings (SSSR count). The molecule has 0 aromatic heterocycles. The summed E-state index contributed by atoms with van der Waals surface area (Å²) in [7, 11) is 0.568. The van der Waals surface area contributed by atoms with Crippen molar-refractivity contribution in [2.75, 3.05) is 27.3 Å². The fourth-order valence-corrected chi connectivity index (χ4v) is 1.83. The first kappa shape index (κ1) is 19.9. The van der Waals surface area contributed by atoms with Crippen molar-refractivity contribution in [2.45, 2.75) is 25.9 Å². The van der Waals surface area contributed by atoms with E-state index in [1.165, 1.54) is 25.3 Å². The Morgan fingerprint density at radius 3 is 2.57 bits per heavy atom. The number of rotatable bonds is 11. The Hall–Kier alpha value is -1.05. The van der Waals surface area contributed by atoms with Crippen molar-refractivity contribution in [1.82, 2.24) is 10.2 Å². The Kier molecular flexibility index (Phi) is 11.0. The first-order valence-corrected chi connectivity index (χ1v) is 7.62. The number of nitrogens with one attached hydrogen (secondary N) is 1. The molecule has 0 spiro atoms. The maximum Gasteiger partial charge on any atom is 0.327 e. The zero-order chi connectivity index (χ0) is 16.3. The van der Waals surface area contributed by atoms with Gasteiger partial charge in [0.15, 0.2) is 0 Å². The number of hydrogen-bond donors (Lipinski definition) is 3. The van der Waals surface area contributed by atoms with E-state index in [4.69, 9.17) is 14.5 Å². The van der Waals surface area contributed by atoms with Crippen LogP contribution < -0.4 is 5.32 Å². The Bertz CT molecular complexity index is 351. The fraction of sp³-hybridized carbons (Fsp3) is 0.667. The van der Waals surface area contributed by atoms with Gasteiger partial charge in [-0.05, 0) is 12.8 Å². The molecule has 8 nitrogen and oxygen atoms in total. The minimum Gasteiger partial charge on any atom is -0.379 e. The van der Waals surface area contributed by atoms with Crippen LogP contribution in [-0.4, -0.2) is 60.4 Å². The van der Waals surface area contributed by atoms with Crippen LogP contribution in [0.25, 0.3) is 0 Å². The lowest BCUT2D eigenvalue weighted by Gasteiger charge is -2.19. The third-order valence-corrected chi connectivity index (χ3v) is 3.16. The molecular weight excluding hydrogens is 299 g/mol. The van der Waals surface area contributed by atoms with E-state index in [-0.39, 0.29) is 18.6 Å². The van der Waals surface area contributed by atoms with Gasteiger partial charge in [-0.15, -0.1) is 0 Å². The molecule has 0 radical (unpaired) electrons. The molecule has 1 unspecified atom stereocenters. The van der Waals surface area contributed by atoms with E-state index in [0.29, 0.717) is 31.4 Å². The minimum absolute atomic E-state index is 0.0156. The maximum atomic E-state index is 11.5. The quantitative estimate of drug-likeness (QED) is 0.283. The standard InChI is InChI=1S/C12H23N2O6P/c1-4-10(12(16)13-2)7-14(9-15)6-5-11(19-3)8-20-21(17)18/h7,9,11,17-18H,4-6,8H2,1-3H3,(H,13,16)/b10-7-. The molecular formula is C12H23N2O6P. The summed E-state index contributed by atoms with van der Waals surface area (Å²) in [5.41, 5.74) is 0.490. The third kappa shape index (κ3) is 8.75. The highest BCUT2D eigenvalue weighted by molar-refractivity contribution is 7.39. The average Bonchev–Trinajstić information content (AvgIpc) is 2.49. The number of carbonyl (C=O) groups excluding carboxylic acids is 2. The van der Waals surface area contributed by atoms with E-state index in [2.05, 4.69) is 9.84 Å². The molecule has 0 aromatic carbocycles. The predicted molar refractivity (Wildman–Crippen MR) is 77.9 cm³/mol. The van der Waals surface area contributed by atoms with Crippen molar-refractivity contribution in [2.24, 2.45) is 0 Å². The molecule has 2 amide bonds. The van der Waals surface area contributed by atoms with Crippen LogP contribution in [0.1, 0.15) is 19.8 Å². The van der Waals surface area contributed by atoms with E-state index in [9.17, 15) is 9.59 Å². The molecule has 0 saturated carbocycles. The van der Waals surface area contributed by atoms with Crippen molar-refractivity contribution in [3.05, 3.63) is 11.8 Å². The van der Waals surface area contributed by atoms with Gasteiger partial charge in [-0.25, -0.2) is 0 Å². The largest absolute Gasteiger partial charge is 0.379 e. The molecule has 0 bridgehead atoms. The van der Waals surface area contributed by atoms with E-state index in [1.54, 1.807) is 0 Å². The summed E-state index contributed by atoms with van der Waals surface area (Å²) < 4.78 is 9.80. The van der Waals surface area contributed by atoms with Crippen LogP contribution in [0, 0.1) is 0 Å². The van der Waals surface area contributed by atoms with E-state index >= 15 is 0 Å². The van der Waals surface area contributed by atoms with Gasteiger partial charge in [0.1, 0.15) is 0 Å². The molecule has 0 saturated heterocycles. The Labute approximate surface area is 125 Å². The van der Waals surface area contributed by atoms with Crippen molar-refractivity contribution < 1.29 is 28.6 Å². The van der Waals surface area contributed by atoms with Gasteiger partial charge >= 0.3 is 8.60 Å². The van der Waals surface area contributed by atoms with Gasteiger partial charge < -0.3 is 29.3 Å². The summed E-state index contributed by atoms with van der Waals surface area (Å²) in [5.74, 6) is -0.234. The number of hydrogen-bond acceptors (Lipinski definition) is 6. The highest BCUT2D eigenvalue weighted by Gasteiger charge is 2.13. The van der Waals surface area contributed by atoms with Crippen molar-refractivity contribution in [3.63, 3.8) is 0 Å². The van der Waals surface area contributed by atoms with Crippen LogP contribution in [0.4, 0.5) is 0 Å². The monoisotopic (exact) mass is 322 g/mol. The molecule has 0 aliphatic rings. The Balaban J connectivity index is 4.51. The van der Waals surface area contributed by atoms with Crippen molar-refractivity contribution >= 4 is 20.9 Å². The van der Waals surface area contributed by atoms with Gasteiger partial charge in [-0.1, -0.05) is 6.92 Å². The summed E-state index contributed by atoms with van der Waals surface area (Å²) in [5, 5.41) is 2.51. The molecule has 21 heavy (non-hydrogen) atoms. The average molecular weight is 322 g/mol. The molecule has 0 heterocycles. The summed E-state index contributed by atoms with van der Waals surface area (Å²) in [4.78, 5) is 41.3. The van der Waals surface area contributed by atoms with Gasteiger partial charge in [0, 0.05) is 32.5 Å². The first-order valence-electron chi connectivity index (χ1n) is 6.45. The number of amides is 2. The second-order valence-corrected chi connectivity index (χ2v) is 4.89. The van der Waals surface area contributed by atoms with E-state index in [1.807, 2.05) is 6.92 Å². The van der Waals surface area contributed by atoms with Gasteiger partial charge in [0.05, 0.1) is 12.7 Å². The summed E-state index contributed by atoms with van der Waals surface area (Å²) in [6.45, 7) is 2.16. The molecule has 9 heteroatoms. The van der Waals surface area contributed by atoms with Gasteiger partial charge in [-0.3, -0.25) is 9.59 Å². The fourth-order valence-electron chi connectivity index (χ4n) is 1.53. The molecule has 0 aromatic rings. The van der Waals surface area contributed by atoms with Crippen LogP contribution in [0.2, 0.25) is 0 Å². The lowest BCUT2D eigenvalue weighted by Crippen LogP contribution is -2.27. The lowest BCUT2D eigenvalue weighted by atomic mass is 10.2. The van der Waals surface area contributed by atoms with Crippen molar-refractivity contribution in [3.8, 4) is 0 Å². The van der Waals surface area contributed by atoms with Crippen LogP contribution >= 0.6 is 8.60 Å². The van der Waals surface area contributed by atoms with Crippen LogP contribution in [-0.2, 0) is 18.8 Å². The molecule has 0 fully saturated rings. The van der Waals surface area contributed by atoms with Gasteiger partial charge in [0.25, 0.3) is 0 Å². The Morgan fingerprint density at radius 1 is 1.48 bits per heavy atom. The zero-order valence-electron chi connectivity index (χ0n) is 12.5. The highest BCUT2D eigenvalue weighted by Crippen LogP contribution is 2.24. The molecule has 1 atom stereocenters. The summed E-state index contributed by atoms with van der Waals surface area (Å²) >= 11 is 0. The summed E-state index contributed by atoms with van der Waals surface area (Å²) in [6.07, 6.45) is 2.66. The number of nitrogens with zero attached hydrogens (tertiary/aromatic N) is 1. The van der Waals surface area contributed by atoms with Crippen LogP contribution in [0.15, 0.2) is 11.8 Å². The SMILES string of the molecule is CC/C(=C/N(C=O)CCC(COP(O)O)OC)C(=O)NC. The third-order valence-electron chi connectivity index (χ3n) is 2.78. The molecule has 122 valence electrons. The first-order chi connectivity index (χ1) is 9.98. The minimum atomic E-state index is -2.42. The molecule has 0 aliphatic heterocycles. The van der Waals surface area contributed by atoms with E-state index < -0.39 is 8.60 Å². The summed E-state index contributed by atoms with van der Waals surface area (Å²) in [6, 6.07) is 0. The smallest absolute Gasteiger partial charge is 0.327 e. The van der Waals surface area contributed by atoms with Crippen LogP contribution in [0.5, 0.6) is 0 Å².